The summed E-state index contributed by atoms with van der Waals surface area (Å²) >= 11 is 0. The first kappa shape index (κ1) is 20.8. The van der Waals surface area contributed by atoms with Gasteiger partial charge in [-0.05, 0) is 44.5 Å². The number of nitrogens with zero attached hydrogens (tertiary/aromatic N) is 3. The number of aromatic nitrogens is 1. The maximum absolute atomic E-state index is 15.1. The van der Waals surface area contributed by atoms with Crippen LogP contribution in [0.4, 0.5) is 10.1 Å². The number of fused-ring (bicyclic) bond motifs is 1. The third kappa shape index (κ3) is 3.70. The van der Waals surface area contributed by atoms with Crippen molar-refractivity contribution in [2.24, 2.45) is 0 Å². The summed E-state index contributed by atoms with van der Waals surface area (Å²) in [5, 5.41) is 20.5. The zero-order valence-electron chi connectivity index (χ0n) is 17.4. The molecule has 1 aromatic heterocycles. The number of rotatable bonds is 7. The molecule has 1 unspecified atom stereocenters. The van der Waals surface area contributed by atoms with Gasteiger partial charge in [0.2, 0.25) is 5.43 Å². The van der Waals surface area contributed by atoms with Gasteiger partial charge < -0.3 is 24.6 Å². The number of hydrogen-bond acceptors (Lipinski definition) is 5. The fraction of sp³-hybridized carbons (Fsp3) is 0.545. The molecule has 2 N–H and O–H groups in total. The summed E-state index contributed by atoms with van der Waals surface area (Å²) in [7, 11) is 0. The van der Waals surface area contributed by atoms with E-state index in [1.807, 2.05) is 18.7 Å². The molecule has 7 nitrogen and oxygen atoms in total. The lowest BCUT2D eigenvalue weighted by Crippen LogP contribution is -2.45. The number of hydrogen-bond donors (Lipinski definition) is 2. The van der Waals surface area contributed by atoms with E-state index in [1.54, 1.807) is 10.6 Å². The molecular weight excluding hydrogens is 389 g/mol. The second kappa shape index (κ2) is 7.67. The first-order valence-corrected chi connectivity index (χ1v) is 10.6. The molecular formula is C22H28FN3O4. The summed E-state index contributed by atoms with van der Waals surface area (Å²) in [5.41, 5.74) is -1.04. The lowest BCUT2D eigenvalue weighted by Gasteiger charge is -2.30. The topological polar surface area (TPSA) is 86.0 Å². The molecule has 8 heteroatoms. The Hall–Kier alpha value is -2.45. The molecule has 1 aromatic carbocycles. The largest absolute Gasteiger partial charge is 0.477 e. The van der Waals surface area contributed by atoms with E-state index in [0.717, 1.165) is 32.0 Å². The molecule has 162 valence electrons. The number of β-amino-alcohol motifs (C(OH)–C–C–N with tert-alkyl or cyclic N) is 1. The Kier molecular flexibility index (Phi) is 5.32. The zero-order valence-corrected chi connectivity index (χ0v) is 17.4. The molecule has 0 radical (unpaired) electrons. The molecule has 0 spiro atoms. The average Bonchev–Trinajstić information content (AvgIpc) is 3.48. The van der Waals surface area contributed by atoms with Gasteiger partial charge in [-0.25, -0.2) is 9.18 Å². The van der Waals surface area contributed by atoms with Crippen molar-refractivity contribution in [3.8, 4) is 0 Å². The standard InChI is InChI=1S/C22H28FN3O4/c1-3-24(4-2)12-22(30)7-8-25(13-22)19-10-18-15(9-17(19)23)20(27)16(21(28)29)11-26(18)14-5-6-14/h9-11,14,30H,3-8,12-13H2,1-2H3,(H,28,29). The third-order valence-electron chi connectivity index (χ3n) is 6.36. The summed E-state index contributed by atoms with van der Waals surface area (Å²) in [4.78, 5) is 28.1. The van der Waals surface area contributed by atoms with Crippen LogP contribution in [0.25, 0.3) is 10.9 Å². The molecule has 1 saturated carbocycles. The van der Waals surface area contributed by atoms with Crippen molar-refractivity contribution < 1.29 is 19.4 Å². The maximum Gasteiger partial charge on any atom is 0.341 e. The highest BCUT2D eigenvalue weighted by atomic mass is 19.1. The highest BCUT2D eigenvalue weighted by Crippen LogP contribution is 2.39. The Bertz CT molecular complexity index is 1040. The molecule has 1 atom stereocenters. The molecule has 1 aliphatic carbocycles. The second-order valence-corrected chi connectivity index (χ2v) is 8.49. The second-order valence-electron chi connectivity index (χ2n) is 8.49. The number of pyridine rings is 1. The SMILES string of the molecule is CCN(CC)CC1(O)CCN(c2cc3c(cc2F)c(=O)c(C(=O)O)cn3C2CC2)C1. The van der Waals surface area contributed by atoms with Crippen LogP contribution in [-0.4, -0.2) is 64.0 Å². The first-order valence-electron chi connectivity index (χ1n) is 10.6. The van der Waals surface area contributed by atoms with Crippen molar-refractivity contribution in [3.05, 3.63) is 39.9 Å². The molecule has 30 heavy (non-hydrogen) atoms. The zero-order chi connectivity index (χ0) is 21.6. The van der Waals surface area contributed by atoms with Gasteiger partial charge in [-0.15, -0.1) is 0 Å². The Morgan fingerprint density at radius 2 is 2.00 bits per heavy atom. The number of likely N-dealkylation sites (N-methyl/N-ethyl adjacent to an activating group) is 1. The van der Waals surface area contributed by atoms with Gasteiger partial charge in [0.25, 0.3) is 0 Å². The smallest absolute Gasteiger partial charge is 0.341 e. The Balaban J connectivity index is 1.74. The van der Waals surface area contributed by atoms with Crippen LogP contribution in [-0.2, 0) is 0 Å². The van der Waals surface area contributed by atoms with E-state index in [0.29, 0.717) is 37.3 Å². The Labute approximate surface area is 174 Å². The van der Waals surface area contributed by atoms with Gasteiger partial charge in [0, 0.05) is 37.3 Å². The fourth-order valence-electron chi connectivity index (χ4n) is 4.46. The van der Waals surface area contributed by atoms with Crippen molar-refractivity contribution in [1.29, 1.82) is 0 Å². The normalized spacial score (nSPS) is 21.7. The maximum atomic E-state index is 15.1. The number of carbonyl (C=O) groups is 1. The minimum Gasteiger partial charge on any atom is -0.477 e. The van der Waals surface area contributed by atoms with Gasteiger partial charge in [0.1, 0.15) is 11.4 Å². The molecule has 0 bridgehead atoms. The van der Waals surface area contributed by atoms with Crippen molar-refractivity contribution in [2.45, 2.75) is 44.8 Å². The van der Waals surface area contributed by atoms with Crippen LogP contribution >= 0.6 is 0 Å². The van der Waals surface area contributed by atoms with Crippen molar-refractivity contribution in [2.75, 3.05) is 37.6 Å². The van der Waals surface area contributed by atoms with E-state index < -0.39 is 22.8 Å². The number of aromatic carboxylic acids is 1. The quantitative estimate of drug-likeness (QED) is 0.720. The van der Waals surface area contributed by atoms with Crippen LogP contribution < -0.4 is 10.3 Å². The van der Waals surface area contributed by atoms with Crippen molar-refractivity contribution >= 4 is 22.6 Å². The van der Waals surface area contributed by atoms with E-state index in [9.17, 15) is 19.8 Å². The van der Waals surface area contributed by atoms with Crippen LogP contribution in [0.2, 0.25) is 0 Å². The highest BCUT2D eigenvalue weighted by molar-refractivity contribution is 5.93. The number of anilines is 1. The first-order chi connectivity index (χ1) is 14.3. The van der Waals surface area contributed by atoms with Gasteiger partial charge >= 0.3 is 5.97 Å². The van der Waals surface area contributed by atoms with Crippen LogP contribution in [0.3, 0.4) is 0 Å². The number of halogens is 1. The van der Waals surface area contributed by atoms with Gasteiger partial charge in [-0.1, -0.05) is 13.8 Å². The number of carboxylic acids is 1. The van der Waals surface area contributed by atoms with E-state index in [1.165, 1.54) is 6.20 Å². The molecule has 0 amide bonds. The average molecular weight is 417 g/mol. The van der Waals surface area contributed by atoms with Gasteiger partial charge in [-0.2, -0.15) is 0 Å². The number of carboxylic acid groups (broad SMARTS) is 1. The predicted molar refractivity (Wildman–Crippen MR) is 113 cm³/mol. The van der Waals surface area contributed by atoms with E-state index in [-0.39, 0.29) is 17.0 Å². The van der Waals surface area contributed by atoms with Gasteiger partial charge in [-0.3, -0.25) is 4.79 Å². The molecule has 2 heterocycles. The summed E-state index contributed by atoms with van der Waals surface area (Å²) in [5.74, 6) is -1.88. The van der Waals surface area contributed by atoms with Crippen LogP contribution in [0, 0.1) is 5.82 Å². The van der Waals surface area contributed by atoms with Crippen LogP contribution in [0.5, 0.6) is 0 Å². The lowest BCUT2D eigenvalue weighted by atomic mass is 10.0. The van der Waals surface area contributed by atoms with Crippen LogP contribution in [0.15, 0.2) is 23.1 Å². The van der Waals surface area contributed by atoms with E-state index in [4.69, 9.17) is 0 Å². The highest BCUT2D eigenvalue weighted by Gasteiger charge is 2.38. The third-order valence-corrected chi connectivity index (χ3v) is 6.36. The summed E-state index contributed by atoms with van der Waals surface area (Å²) in [6.45, 7) is 7.12. The summed E-state index contributed by atoms with van der Waals surface area (Å²) in [6.07, 6.45) is 3.72. The molecule has 4 rings (SSSR count). The molecule has 2 aromatic rings. The Morgan fingerprint density at radius 1 is 1.30 bits per heavy atom. The van der Waals surface area contributed by atoms with E-state index in [2.05, 4.69) is 4.90 Å². The van der Waals surface area contributed by atoms with E-state index >= 15 is 4.39 Å². The molecule has 2 fully saturated rings. The fourth-order valence-corrected chi connectivity index (χ4v) is 4.46. The number of aliphatic hydroxyl groups is 1. The van der Waals surface area contributed by atoms with Gasteiger partial charge in [0.05, 0.1) is 16.8 Å². The molecule has 1 aliphatic heterocycles. The van der Waals surface area contributed by atoms with Crippen molar-refractivity contribution in [3.63, 3.8) is 0 Å². The lowest BCUT2D eigenvalue weighted by molar-refractivity contribution is 0.0253. The predicted octanol–water partition coefficient (Wildman–Crippen LogP) is 2.46. The minimum absolute atomic E-state index is 0.0839. The van der Waals surface area contributed by atoms with Crippen LogP contribution in [0.1, 0.15) is 49.5 Å². The minimum atomic E-state index is -1.30. The monoisotopic (exact) mass is 417 g/mol. The van der Waals surface area contributed by atoms with Crippen molar-refractivity contribution in [1.82, 2.24) is 9.47 Å². The van der Waals surface area contributed by atoms with Gasteiger partial charge in [0.15, 0.2) is 0 Å². The molecule has 2 aliphatic rings. The summed E-state index contributed by atoms with van der Waals surface area (Å²) < 4.78 is 16.8. The number of benzene rings is 1. The Morgan fingerprint density at radius 3 is 2.60 bits per heavy atom. The summed E-state index contributed by atoms with van der Waals surface area (Å²) in [6, 6.07) is 2.92. The molecule has 1 saturated heterocycles.